The van der Waals surface area contributed by atoms with Crippen molar-refractivity contribution in [2.45, 2.75) is 84.4 Å². The van der Waals surface area contributed by atoms with Crippen LogP contribution in [0.5, 0.6) is 0 Å². The van der Waals surface area contributed by atoms with Crippen LogP contribution >= 0.6 is 0 Å². The zero-order chi connectivity index (χ0) is 38.1. The van der Waals surface area contributed by atoms with Gasteiger partial charge in [-0.2, -0.15) is 0 Å². The minimum Gasteiger partial charge on any atom is -0.500 e. The molecule has 1 aliphatic rings. The smallest absolute Gasteiger partial charge is 0.124 e. The summed E-state index contributed by atoms with van der Waals surface area (Å²) in [4.78, 5) is 13.9. The fourth-order valence-electron chi connectivity index (χ4n) is 7.07. The molecule has 4 aromatic heterocycles. The summed E-state index contributed by atoms with van der Waals surface area (Å²) < 4.78 is 32.1. The number of hydrogen-bond acceptors (Lipinski definition) is 4. The van der Waals surface area contributed by atoms with E-state index < -0.39 is 12.3 Å². The Morgan fingerprint density at radius 3 is 2.38 bits per heavy atom. The summed E-state index contributed by atoms with van der Waals surface area (Å²) in [5.41, 5.74) is 9.33. The first kappa shape index (κ1) is 33.4. The fourth-order valence-corrected chi connectivity index (χ4v) is 7.07. The van der Waals surface area contributed by atoms with Crippen LogP contribution in [0.4, 0.5) is 0 Å². The summed E-state index contributed by atoms with van der Waals surface area (Å²) in [5.74, 6) is -0.592. The molecule has 5 heteroatoms. The van der Waals surface area contributed by atoms with Crippen molar-refractivity contribution in [3.8, 4) is 22.5 Å². The molecule has 4 heterocycles. The SMILES string of the molecule is [2H]C(C)(C)c1ccnc(-c2[c-]ccc3c2oc2ccnc(C(C)(C)c4ccccc4)c23)c1.[2H]C([2H])(c1cc(-c2[c-]cccc2)ncc1C)C1CCCCC1.[Ir]. The first-order chi connectivity index (χ1) is 25.9. The molecular formula is C47H47IrN3O-2. The minimum absolute atomic E-state index is 0. The molecule has 0 bridgehead atoms. The predicted octanol–water partition coefficient (Wildman–Crippen LogP) is 12.3. The number of aromatic nitrogens is 3. The van der Waals surface area contributed by atoms with Crippen LogP contribution in [0.15, 0.2) is 114 Å². The van der Waals surface area contributed by atoms with Crippen molar-refractivity contribution in [1.82, 2.24) is 15.0 Å². The number of rotatable bonds is 7. The average molecular weight is 865 g/mol. The fraction of sp³-hybridized carbons (Fsp3) is 0.298. The molecule has 1 fully saturated rings. The van der Waals surface area contributed by atoms with E-state index in [1.165, 1.54) is 12.0 Å². The third-order valence-corrected chi connectivity index (χ3v) is 10.1. The van der Waals surface area contributed by atoms with Crippen LogP contribution in [-0.4, -0.2) is 15.0 Å². The third kappa shape index (κ3) is 7.97. The van der Waals surface area contributed by atoms with Crippen LogP contribution in [0, 0.1) is 25.0 Å². The molecule has 267 valence electrons. The summed E-state index contributed by atoms with van der Waals surface area (Å²) in [6.07, 6.45) is 9.59. The molecule has 0 atom stereocenters. The van der Waals surface area contributed by atoms with E-state index in [-0.39, 0.29) is 31.4 Å². The van der Waals surface area contributed by atoms with E-state index in [2.05, 4.69) is 60.2 Å². The van der Waals surface area contributed by atoms with Gasteiger partial charge in [0.05, 0.1) is 11.3 Å². The number of pyridine rings is 3. The normalized spacial score (nSPS) is 14.8. The molecule has 3 aromatic carbocycles. The number of benzene rings is 3. The van der Waals surface area contributed by atoms with Gasteiger partial charge in [-0.05, 0) is 59.8 Å². The summed E-state index contributed by atoms with van der Waals surface area (Å²) in [5, 5.41) is 2.02. The van der Waals surface area contributed by atoms with Gasteiger partial charge in [-0.3, -0.25) is 4.98 Å². The maximum atomic E-state index is 8.69. The Morgan fingerprint density at radius 2 is 1.63 bits per heavy atom. The summed E-state index contributed by atoms with van der Waals surface area (Å²) >= 11 is 0. The molecule has 4 nitrogen and oxygen atoms in total. The molecular weight excluding hydrogens is 815 g/mol. The topological polar surface area (TPSA) is 51.8 Å². The maximum Gasteiger partial charge on any atom is 0.124 e. The monoisotopic (exact) mass is 865 g/mol. The summed E-state index contributed by atoms with van der Waals surface area (Å²) in [6.45, 7) is 10.1. The molecule has 7 aromatic rings. The zero-order valence-electron chi connectivity index (χ0n) is 33.6. The quantitative estimate of drug-likeness (QED) is 0.150. The Morgan fingerprint density at radius 1 is 0.865 bits per heavy atom. The van der Waals surface area contributed by atoms with Crippen LogP contribution in [0.3, 0.4) is 0 Å². The molecule has 8 rings (SSSR count). The van der Waals surface area contributed by atoms with E-state index in [4.69, 9.17) is 13.5 Å². The predicted molar refractivity (Wildman–Crippen MR) is 210 cm³/mol. The summed E-state index contributed by atoms with van der Waals surface area (Å²) in [6, 6.07) is 36.3. The molecule has 52 heavy (non-hydrogen) atoms. The maximum absolute atomic E-state index is 8.69. The van der Waals surface area contributed by atoms with Gasteiger partial charge >= 0.3 is 0 Å². The molecule has 0 spiro atoms. The van der Waals surface area contributed by atoms with Crippen molar-refractivity contribution in [2.75, 3.05) is 0 Å². The van der Waals surface area contributed by atoms with Gasteiger partial charge in [-0.25, -0.2) is 0 Å². The molecule has 0 saturated heterocycles. The van der Waals surface area contributed by atoms with E-state index in [1.54, 1.807) is 12.4 Å². The molecule has 1 aliphatic carbocycles. The van der Waals surface area contributed by atoms with Gasteiger partial charge in [0, 0.05) is 53.6 Å². The number of fused-ring (bicyclic) bond motifs is 3. The first-order valence-electron chi connectivity index (χ1n) is 19.5. The van der Waals surface area contributed by atoms with Gasteiger partial charge in [-0.15, -0.1) is 54.1 Å². The van der Waals surface area contributed by atoms with Gasteiger partial charge in [0.15, 0.2) is 0 Å². The molecule has 0 aliphatic heterocycles. The van der Waals surface area contributed by atoms with Gasteiger partial charge in [0.25, 0.3) is 0 Å². The molecule has 1 saturated carbocycles. The molecule has 0 unspecified atom stereocenters. The third-order valence-electron chi connectivity index (χ3n) is 10.1. The zero-order valence-corrected chi connectivity index (χ0v) is 33.0. The van der Waals surface area contributed by atoms with Crippen LogP contribution < -0.4 is 0 Å². The molecule has 0 N–H and O–H groups in total. The van der Waals surface area contributed by atoms with Crippen molar-refractivity contribution < 1.29 is 28.6 Å². The van der Waals surface area contributed by atoms with Crippen molar-refractivity contribution in [1.29, 1.82) is 0 Å². The second kappa shape index (κ2) is 16.5. The van der Waals surface area contributed by atoms with Gasteiger partial charge in [0.2, 0.25) is 0 Å². The Bertz CT molecular complexity index is 2380. The molecule has 1 radical (unpaired) electrons. The van der Waals surface area contributed by atoms with E-state index in [1.807, 2.05) is 93.7 Å². The van der Waals surface area contributed by atoms with Crippen LogP contribution in [0.1, 0.15) is 97.8 Å². The minimum atomic E-state index is -1.28. The number of nitrogens with zero attached hydrogens (tertiary/aromatic N) is 3. The first-order valence-corrected chi connectivity index (χ1v) is 18.0. The van der Waals surface area contributed by atoms with Crippen LogP contribution in [0.25, 0.3) is 44.5 Å². The Kier molecular flexibility index (Phi) is 10.6. The van der Waals surface area contributed by atoms with E-state index >= 15 is 0 Å². The van der Waals surface area contributed by atoms with E-state index in [0.29, 0.717) is 0 Å². The number of hydrogen-bond donors (Lipinski definition) is 0. The van der Waals surface area contributed by atoms with Crippen LogP contribution in [-0.2, 0) is 31.9 Å². The standard InChI is InChI=1S/C28H25N2O.C19H22N.Ir/c1-18(2)19-13-15-29-23(17-19)21-11-8-12-22-25-24(31-26(21)22)14-16-30-27(25)28(3,4)20-9-6-5-7-10-20;1-15-14-20-19(17-10-6-3-7-11-17)13-18(15)12-16-8-4-2-5-9-16;/h5-10,12-18H,1-4H3;3,6-7,10,13-14,16H,2,4-5,8-9,12H2,1H3;/q2*-1;/i18D;12D2;. The second-order valence-electron chi connectivity index (χ2n) is 14.3. The van der Waals surface area contributed by atoms with Crippen molar-refractivity contribution in [3.63, 3.8) is 0 Å². The summed E-state index contributed by atoms with van der Waals surface area (Å²) in [7, 11) is 0. The Labute approximate surface area is 326 Å². The van der Waals surface area contributed by atoms with Crippen molar-refractivity contribution >= 4 is 21.9 Å². The number of aryl methyl sites for hydroxylation is 1. The van der Waals surface area contributed by atoms with Crippen LogP contribution in [0.2, 0.25) is 0 Å². The van der Waals surface area contributed by atoms with Crippen molar-refractivity contribution in [3.05, 3.63) is 150 Å². The Balaban J connectivity index is 0.000000196. The van der Waals surface area contributed by atoms with E-state index in [0.717, 1.165) is 92.5 Å². The van der Waals surface area contributed by atoms with Gasteiger partial charge in [-0.1, -0.05) is 124 Å². The largest absolute Gasteiger partial charge is 0.500 e. The van der Waals surface area contributed by atoms with Crippen molar-refractivity contribution in [2.24, 2.45) is 5.92 Å². The average Bonchev–Trinajstić information content (AvgIpc) is 3.58. The van der Waals surface area contributed by atoms with E-state index in [9.17, 15) is 0 Å². The van der Waals surface area contributed by atoms with Gasteiger partial charge < -0.3 is 14.4 Å². The van der Waals surface area contributed by atoms with Gasteiger partial charge in [0.1, 0.15) is 5.58 Å². The number of furan rings is 1. The second-order valence-corrected chi connectivity index (χ2v) is 14.3. The molecule has 0 amide bonds. The Hall–Kier alpha value is -4.44.